The highest BCUT2D eigenvalue weighted by molar-refractivity contribution is 14.1. The lowest BCUT2D eigenvalue weighted by Gasteiger charge is -2.05. The molecule has 5 heteroatoms. The van der Waals surface area contributed by atoms with Crippen LogP contribution in [0.4, 0.5) is 11.8 Å². The molecule has 0 unspecified atom stereocenters. The van der Waals surface area contributed by atoms with Gasteiger partial charge in [0.25, 0.3) is 0 Å². The number of rotatable bonds is 3. The van der Waals surface area contributed by atoms with Gasteiger partial charge < -0.3 is 11.1 Å². The molecule has 0 spiro atoms. The van der Waals surface area contributed by atoms with Crippen molar-refractivity contribution < 1.29 is 0 Å². The number of halogens is 1. The fraction of sp³-hybridized carbons (Fsp3) is 0.429. The van der Waals surface area contributed by atoms with Crippen LogP contribution in [0.5, 0.6) is 0 Å². The SMILES string of the molecule is CCCNc1nc(N)ncc1I. The predicted molar refractivity (Wildman–Crippen MR) is 57.9 cm³/mol. The average molecular weight is 278 g/mol. The zero-order valence-electron chi connectivity index (χ0n) is 6.84. The molecule has 0 aromatic carbocycles. The minimum atomic E-state index is 0.314. The van der Waals surface area contributed by atoms with Crippen molar-refractivity contribution in [2.75, 3.05) is 17.6 Å². The summed E-state index contributed by atoms with van der Waals surface area (Å²) in [5.41, 5.74) is 5.43. The van der Waals surface area contributed by atoms with Crippen LogP contribution in [-0.2, 0) is 0 Å². The van der Waals surface area contributed by atoms with Gasteiger partial charge in [-0.15, -0.1) is 0 Å². The van der Waals surface area contributed by atoms with Crippen LogP contribution in [-0.4, -0.2) is 16.5 Å². The van der Waals surface area contributed by atoms with E-state index in [0.29, 0.717) is 5.95 Å². The van der Waals surface area contributed by atoms with E-state index in [1.807, 2.05) is 0 Å². The number of anilines is 2. The summed E-state index contributed by atoms with van der Waals surface area (Å²) >= 11 is 2.17. The fourth-order valence-electron chi connectivity index (χ4n) is 0.748. The van der Waals surface area contributed by atoms with Crippen LogP contribution in [0.2, 0.25) is 0 Å². The van der Waals surface area contributed by atoms with Crippen LogP contribution in [0, 0.1) is 3.57 Å². The fourth-order valence-corrected chi connectivity index (χ4v) is 1.20. The van der Waals surface area contributed by atoms with E-state index < -0.39 is 0 Å². The van der Waals surface area contributed by atoms with Crippen molar-refractivity contribution in [2.24, 2.45) is 0 Å². The molecule has 1 heterocycles. The Morgan fingerprint density at radius 2 is 2.42 bits per heavy atom. The molecule has 0 aliphatic rings. The molecular formula is C7H11IN4. The molecule has 4 nitrogen and oxygen atoms in total. The van der Waals surface area contributed by atoms with Gasteiger partial charge in [0, 0.05) is 12.7 Å². The Kier molecular flexibility index (Phi) is 3.51. The maximum atomic E-state index is 5.43. The van der Waals surface area contributed by atoms with Crippen LogP contribution in [0.15, 0.2) is 6.20 Å². The minimum Gasteiger partial charge on any atom is -0.369 e. The maximum Gasteiger partial charge on any atom is 0.221 e. The Morgan fingerprint density at radius 1 is 1.67 bits per heavy atom. The van der Waals surface area contributed by atoms with Gasteiger partial charge in [-0.2, -0.15) is 4.98 Å². The molecule has 0 saturated carbocycles. The standard InChI is InChI=1S/C7H11IN4/c1-2-3-10-6-5(8)4-11-7(9)12-6/h4H,2-3H2,1H3,(H3,9,10,11,12). The topological polar surface area (TPSA) is 63.8 Å². The molecule has 66 valence electrons. The van der Waals surface area contributed by atoms with Crippen molar-refractivity contribution >= 4 is 34.4 Å². The zero-order chi connectivity index (χ0) is 8.97. The zero-order valence-corrected chi connectivity index (χ0v) is 9.00. The first-order chi connectivity index (χ1) is 5.74. The summed E-state index contributed by atoms with van der Waals surface area (Å²) in [5.74, 6) is 1.14. The smallest absolute Gasteiger partial charge is 0.221 e. The number of nitrogens with one attached hydrogen (secondary N) is 1. The molecule has 1 aromatic heterocycles. The third kappa shape index (κ3) is 2.47. The first kappa shape index (κ1) is 9.50. The van der Waals surface area contributed by atoms with Gasteiger partial charge in [0.15, 0.2) is 0 Å². The van der Waals surface area contributed by atoms with Crippen molar-refractivity contribution in [3.05, 3.63) is 9.77 Å². The van der Waals surface area contributed by atoms with Crippen LogP contribution in [0.3, 0.4) is 0 Å². The van der Waals surface area contributed by atoms with Gasteiger partial charge in [-0.3, -0.25) is 0 Å². The Bertz CT molecular complexity index is 264. The minimum absolute atomic E-state index is 0.314. The van der Waals surface area contributed by atoms with Gasteiger partial charge in [0.2, 0.25) is 5.95 Å². The molecule has 0 fully saturated rings. The second-order valence-corrected chi connectivity index (χ2v) is 3.51. The van der Waals surface area contributed by atoms with E-state index in [1.54, 1.807) is 6.20 Å². The number of nitrogens with zero attached hydrogens (tertiary/aromatic N) is 2. The van der Waals surface area contributed by atoms with Crippen molar-refractivity contribution in [2.45, 2.75) is 13.3 Å². The van der Waals surface area contributed by atoms with E-state index in [4.69, 9.17) is 5.73 Å². The van der Waals surface area contributed by atoms with E-state index >= 15 is 0 Å². The molecule has 0 aliphatic heterocycles. The van der Waals surface area contributed by atoms with Crippen LogP contribution >= 0.6 is 22.6 Å². The van der Waals surface area contributed by atoms with Crippen molar-refractivity contribution in [1.29, 1.82) is 0 Å². The van der Waals surface area contributed by atoms with Gasteiger partial charge in [0.05, 0.1) is 3.57 Å². The second-order valence-electron chi connectivity index (χ2n) is 2.35. The number of nitrogens with two attached hydrogens (primary N) is 1. The van der Waals surface area contributed by atoms with E-state index in [9.17, 15) is 0 Å². The van der Waals surface area contributed by atoms with E-state index in [2.05, 4.69) is 44.8 Å². The highest BCUT2D eigenvalue weighted by Gasteiger charge is 2.00. The first-order valence-electron chi connectivity index (χ1n) is 3.76. The van der Waals surface area contributed by atoms with Gasteiger partial charge in [-0.1, -0.05) is 6.92 Å². The molecule has 0 atom stereocenters. The third-order valence-corrected chi connectivity index (χ3v) is 2.09. The van der Waals surface area contributed by atoms with Crippen molar-refractivity contribution in [1.82, 2.24) is 9.97 Å². The molecular weight excluding hydrogens is 267 g/mol. The number of hydrogen-bond acceptors (Lipinski definition) is 4. The quantitative estimate of drug-likeness (QED) is 0.822. The molecule has 1 aromatic rings. The van der Waals surface area contributed by atoms with E-state index in [1.165, 1.54) is 0 Å². The molecule has 0 amide bonds. The summed E-state index contributed by atoms with van der Waals surface area (Å²) in [7, 11) is 0. The van der Waals surface area contributed by atoms with Crippen molar-refractivity contribution in [3.8, 4) is 0 Å². The predicted octanol–water partition coefficient (Wildman–Crippen LogP) is 1.49. The summed E-state index contributed by atoms with van der Waals surface area (Å²) in [5, 5.41) is 3.16. The average Bonchev–Trinajstić information content (AvgIpc) is 2.07. The number of nitrogen functional groups attached to an aromatic ring is 1. The summed E-state index contributed by atoms with van der Waals surface area (Å²) in [6.45, 7) is 3.01. The Balaban J connectivity index is 2.75. The lowest BCUT2D eigenvalue weighted by Crippen LogP contribution is -2.06. The second kappa shape index (κ2) is 4.44. The molecule has 0 bridgehead atoms. The van der Waals surface area contributed by atoms with E-state index in [-0.39, 0.29) is 0 Å². The lowest BCUT2D eigenvalue weighted by atomic mass is 10.4. The first-order valence-corrected chi connectivity index (χ1v) is 4.83. The molecule has 12 heavy (non-hydrogen) atoms. The van der Waals surface area contributed by atoms with Gasteiger partial charge in [0.1, 0.15) is 5.82 Å². The van der Waals surface area contributed by atoms with Crippen LogP contribution < -0.4 is 11.1 Å². The largest absolute Gasteiger partial charge is 0.369 e. The highest BCUT2D eigenvalue weighted by Crippen LogP contribution is 2.14. The van der Waals surface area contributed by atoms with Gasteiger partial charge >= 0.3 is 0 Å². The summed E-state index contributed by atoms with van der Waals surface area (Å²) in [6.07, 6.45) is 2.78. The highest BCUT2D eigenvalue weighted by atomic mass is 127. The Hall–Kier alpha value is -0.590. The third-order valence-electron chi connectivity index (χ3n) is 1.31. The molecule has 1 rings (SSSR count). The molecule has 0 saturated heterocycles. The Morgan fingerprint density at radius 3 is 3.08 bits per heavy atom. The molecule has 0 aliphatic carbocycles. The van der Waals surface area contributed by atoms with Crippen molar-refractivity contribution in [3.63, 3.8) is 0 Å². The van der Waals surface area contributed by atoms with Gasteiger partial charge in [-0.05, 0) is 29.0 Å². The van der Waals surface area contributed by atoms with Gasteiger partial charge in [-0.25, -0.2) is 4.98 Å². The number of aromatic nitrogens is 2. The monoisotopic (exact) mass is 278 g/mol. The Labute approximate surface area is 85.1 Å². The van der Waals surface area contributed by atoms with Crippen LogP contribution in [0.1, 0.15) is 13.3 Å². The van der Waals surface area contributed by atoms with E-state index in [0.717, 1.165) is 22.4 Å². The molecule has 0 radical (unpaired) electrons. The summed E-state index contributed by atoms with van der Waals surface area (Å²) in [4.78, 5) is 7.92. The summed E-state index contributed by atoms with van der Waals surface area (Å²) in [6, 6.07) is 0. The number of hydrogen-bond donors (Lipinski definition) is 2. The maximum absolute atomic E-state index is 5.43. The molecule has 3 N–H and O–H groups in total. The van der Waals surface area contributed by atoms with Crippen LogP contribution in [0.25, 0.3) is 0 Å². The summed E-state index contributed by atoms with van der Waals surface area (Å²) < 4.78 is 0.996. The normalized spacial score (nSPS) is 9.83. The lowest BCUT2D eigenvalue weighted by molar-refractivity contribution is 0.963.